The summed E-state index contributed by atoms with van der Waals surface area (Å²) in [6.07, 6.45) is -1.26. The first-order valence-corrected chi connectivity index (χ1v) is 9.63. The van der Waals surface area contributed by atoms with Gasteiger partial charge < -0.3 is 0 Å². The topological polar surface area (TPSA) is 47.8 Å². The third-order valence-electron chi connectivity index (χ3n) is 4.27. The van der Waals surface area contributed by atoms with E-state index in [1.807, 2.05) is 0 Å². The van der Waals surface area contributed by atoms with Crippen molar-refractivity contribution in [3.05, 3.63) is 94.5 Å². The Hall–Kier alpha value is -3.13. The average Bonchev–Trinajstić information content (AvgIpc) is 2.72. The summed E-state index contributed by atoms with van der Waals surface area (Å²) < 4.78 is 40.4. The molecule has 29 heavy (non-hydrogen) atoms. The highest BCUT2D eigenvalue weighted by Crippen LogP contribution is 2.31. The summed E-state index contributed by atoms with van der Waals surface area (Å²) >= 11 is 1.20. The first-order chi connectivity index (χ1) is 13.9. The predicted molar refractivity (Wildman–Crippen MR) is 106 cm³/mol. The van der Waals surface area contributed by atoms with Gasteiger partial charge in [-0.25, -0.2) is 4.98 Å². The van der Waals surface area contributed by atoms with Crippen molar-refractivity contribution >= 4 is 22.7 Å². The fourth-order valence-corrected chi connectivity index (χ4v) is 3.86. The smallest absolute Gasteiger partial charge is 0.268 e. The molecular formula is C21H14F3N3OS. The number of rotatable bonds is 4. The lowest BCUT2D eigenvalue weighted by molar-refractivity contribution is -0.137. The highest BCUT2D eigenvalue weighted by atomic mass is 32.2. The molecule has 0 N–H and O–H groups in total. The molecule has 0 spiro atoms. The minimum Gasteiger partial charge on any atom is -0.268 e. The quantitative estimate of drug-likeness (QED) is 0.345. The SMILES string of the molecule is O=c1c2ccccc2nc(SCc2cccc(C(F)(F)F)c2)n1-c1cccnc1. The molecule has 2 heterocycles. The van der Waals surface area contributed by atoms with Crippen molar-refractivity contribution in [2.45, 2.75) is 17.1 Å². The van der Waals surface area contributed by atoms with E-state index in [1.165, 1.54) is 22.4 Å². The maximum atomic E-state index is 13.1. The van der Waals surface area contributed by atoms with Crippen molar-refractivity contribution < 1.29 is 13.2 Å². The molecule has 8 heteroatoms. The Labute approximate surface area is 168 Å². The van der Waals surface area contributed by atoms with Gasteiger partial charge in [-0.15, -0.1) is 0 Å². The summed E-state index contributed by atoms with van der Waals surface area (Å²) in [6.45, 7) is 0. The van der Waals surface area contributed by atoms with Gasteiger partial charge in [0.2, 0.25) is 0 Å². The van der Waals surface area contributed by atoms with Crippen molar-refractivity contribution in [3.63, 3.8) is 0 Å². The van der Waals surface area contributed by atoms with Gasteiger partial charge in [-0.3, -0.25) is 14.3 Å². The summed E-state index contributed by atoms with van der Waals surface area (Å²) in [4.78, 5) is 21.7. The predicted octanol–water partition coefficient (Wildman–Crippen LogP) is 5.09. The number of fused-ring (bicyclic) bond motifs is 1. The standard InChI is InChI=1S/C21H14F3N3OS/c22-21(23,24)15-6-3-5-14(11-15)13-29-20-26-18-9-2-1-8-17(18)19(28)27(20)16-7-4-10-25-12-16/h1-12H,13H2. The Balaban J connectivity index is 1.77. The lowest BCUT2D eigenvalue weighted by atomic mass is 10.1. The van der Waals surface area contributed by atoms with Gasteiger partial charge in [0.25, 0.3) is 5.56 Å². The summed E-state index contributed by atoms with van der Waals surface area (Å²) in [5.74, 6) is 0.231. The van der Waals surface area contributed by atoms with E-state index in [2.05, 4.69) is 9.97 Å². The van der Waals surface area contributed by atoms with Crippen molar-refractivity contribution in [2.24, 2.45) is 0 Å². The Morgan fingerprint density at radius 3 is 2.59 bits per heavy atom. The number of thioether (sulfide) groups is 1. The van der Waals surface area contributed by atoms with Gasteiger partial charge in [0.05, 0.1) is 28.4 Å². The fourth-order valence-electron chi connectivity index (χ4n) is 2.91. The van der Waals surface area contributed by atoms with E-state index in [0.29, 0.717) is 27.3 Å². The van der Waals surface area contributed by atoms with E-state index >= 15 is 0 Å². The lowest BCUT2D eigenvalue weighted by Crippen LogP contribution is -2.21. The second-order valence-electron chi connectivity index (χ2n) is 6.25. The first kappa shape index (κ1) is 19.2. The molecule has 0 bridgehead atoms. The van der Waals surface area contributed by atoms with Crippen LogP contribution >= 0.6 is 11.8 Å². The average molecular weight is 413 g/mol. The lowest BCUT2D eigenvalue weighted by Gasteiger charge is -2.13. The molecule has 0 unspecified atom stereocenters. The van der Waals surface area contributed by atoms with Crippen LogP contribution in [0.25, 0.3) is 16.6 Å². The Bertz CT molecular complexity index is 1220. The highest BCUT2D eigenvalue weighted by Gasteiger charge is 2.30. The molecule has 2 aromatic carbocycles. The number of nitrogens with zero attached hydrogens (tertiary/aromatic N) is 3. The van der Waals surface area contributed by atoms with Crippen LogP contribution in [0.15, 0.2) is 83.0 Å². The molecule has 0 radical (unpaired) electrons. The molecule has 0 amide bonds. The van der Waals surface area contributed by atoms with Crippen LogP contribution in [0.4, 0.5) is 13.2 Å². The van der Waals surface area contributed by atoms with Crippen molar-refractivity contribution in [1.29, 1.82) is 0 Å². The Morgan fingerprint density at radius 1 is 1.00 bits per heavy atom. The van der Waals surface area contributed by atoms with Crippen LogP contribution in [-0.4, -0.2) is 14.5 Å². The van der Waals surface area contributed by atoms with Crippen LogP contribution < -0.4 is 5.56 Å². The summed E-state index contributed by atoms with van der Waals surface area (Å²) in [6, 6.07) is 15.6. The molecule has 2 aromatic heterocycles. The molecular weight excluding hydrogens is 399 g/mol. The van der Waals surface area contributed by atoms with Gasteiger partial charge in [-0.2, -0.15) is 13.2 Å². The second-order valence-corrected chi connectivity index (χ2v) is 7.19. The van der Waals surface area contributed by atoms with Gasteiger partial charge >= 0.3 is 6.18 Å². The van der Waals surface area contributed by atoms with Crippen LogP contribution in [0.3, 0.4) is 0 Å². The Kier molecular flexibility index (Phi) is 5.10. The van der Waals surface area contributed by atoms with Crippen molar-refractivity contribution in [3.8, 4) is 5.69 Å². The van der Waals surface area contributed by atoms with Gasteiger partial charge in [-0.1, -0.05) is 42.1 Å². The van der Waals surface area contributed by atoms with E-state index in [1.54, 1.807) is 54.9 Å². The zero-order valence-electron chi connectivity index (χ0n) is 14.9. The van der Waals surface area contributed by atoms with Crippen molar-refractivity contribution in [2.75, 3.05) is 0 Å². The molecule has 0 saturated heterocycles. The molecule has 4 nitrogen and oxygen atoms in total. The number of hydrogen-bond donors (Lipinski definition) is 0. The van der Waals surface area contributed by atoms with E-state index < -0.39 is 11.7 Å². The Morgan fingerprint density at radius 2 is 1.83 bits per heavy atom. The van der Waals surface area contributed by atoms with Crippen LogP contribution in [0, 0.1) is 0 Å². The van der Waals surface area contributed by atoms with Crippen LogP contribution in [0.1, 0.15) is 11.1 Å². The highest BCUT2D eigenvalue weighted by molar-refractivity contribution is 7.98. The van der Waals surface area contributed by atoms with E-state index in [-0.39, 0.29) is 11.3 Å². The second kappa shape index (κ2) is 7.71. The maximum Gasteiger partial charge on any atom is 0.416 e. The number of alkyl halides is 3. The number of aromatic nitrogens is 3. The fraction of sp³-hybridized carbons (Fsp3) is 0.0952. The number of pyridine rings is 1. The third kappa shape index (κ3) is 4.02. The number of benzene rings is 2. The molecule has 0 atom stereocenters. The molecule has 0 aliphatic rings. The van der Waals surface area contributed by atoms with Gasteiger partial charge in [0.15, 0.2) is 5.16 Å². The molecule has 0 fully saturated rings. The minimum absolute atomic E-state index is 0.231. The molecule has 0 saturated carbocycles. The van der Waals surface area contributed by atoms with Crippen LogP contribution in [0.5, 0.6) is 0 Å². The van der Waals surface area contributed by atoms with Gasteiger partial charge in [0, 0.05) is 11.9 Å². The zero-order valence-corrected chi connectivity index (χ0v) is 15.7. The number of hydrogen-bond acceptors (Lipinski definition) is 4. The van der Waals surface area contributed by atoms with Gasteiger partial charge in [-0.05, 0) is 35.9 Å². The first-order valence-electron chi connectivity index (χ1n) is 8.64. The largest absolute Gasteiger partial charge is 0.416 e. The van der Waals surface area contributed by atoms with Crippen LogP contribution in [0.2, 0.25) is 0 Å². The monoisotopic (exact) mass is 413 g/mol. The molecule has 4 rings (SSSR count). The summed E-state index contributed by atoms with van der Waals surface area (Å²) in [7, 11) is 0. The number of para-hydroxylation sites is 1. The molecule has 0 aliphatic carbocycles. The van der Waals surface area contributed by atoms with E-state index in [9.17, 15) is 18.0 Å². The van der Waals surface area contributed by atoms with E-state index in [4.69, 9.17) is 0 Å². The summed E-state index contributed by atoms with van der Waals surface area (Å²) in [5, 5.41) is 0.846. The van der Waals surface area contributed by atoms with Gasteiger partial charge in [0.1, 0.15) is 0 Å². The van der Waals surface area contributed by atoms with E-state index in [0.717, 1.165) is 12.1 Å². The molecule has 146 valence electrons. The zero-order chi connectivity index (χ0) is 20.4. The normalized spacial score (nSPS) is 11.7. The third-order valence-corrected chi connectivity index (χ3v) is 5.28. The molecule has 4 aromatic rings. The van der Waals surface area contributed by atoms with Crippen molar-refractivity contribution in [1.82, 2.24) is 14.5 Å². The van der Waals surface area contributed by atoms with Crippen LogP contribution in [-0.2, 0) is 11.9 Å². The minimum atomic E-state index is -4.40. The summed E-state index contributed by atoms with van der Waals surface area (Å²) in [5.41, 5.74) is 0.610. The molecule has 0 aliphatic heterocycles. The number of halogens is 3. The maximum absolute atomic E-state index is 13.1.